The van der Waals surface area contributed by atoms with Crippen LogP contribution in [0.5, 0.6) is 0 Å². The van der Waals surface area contributed by atoms with Gasteiger partial charge in [0.25, 0.3) is 5.91 Å². The number of primary amides is 1. The fraction of sp³-hybridized carbons (Fsp3) is 0.706. The Labute approximate surface area is 346 Å². The quantitative estimate of drug-likeness (QED) is 0.0402. The molecule has 20 nitrogen and oxygen atoms in total. The maximum atomic E-state index is 14.7. The highest BCUT2D eigenvalue weighted by Crippen LogP contribution is 2.45. The van der Waals surface area contributed by atoms with Gasteiger partial charge in [0.2, 0.25) is 18.0 Å². The highest BCUT2D eigenvalue weighted by Gasteiger charge is 2.60. The average molecular weight is 902 g/mol. The minimum atomic E-state index is -5.09. The van der Waals surface area contributed by atoms with Gasteiger partial charge in [0, 0.05) is 59.9 Å². The van der Waals surface area contributed by atoms with E-state index in [9.17, 15) is 52.0 Å². The molecule has 1 aromatic heterocycles. The van der Waals surface area contributed by atoms with E-state index in [0.717, 1.165) is 25.1 Å². The van der Waals surface area contributed by atoms with Gasteiger partial charge in [-0.3, -0.25) is 37.9 Å². The average Bonchev–Trinajstić information content (AvgIpc) is 3.36. The molecule has 2 fully saturated rings. The van der Waals surface area contributed by atoms with Crippen molar-refractivity contribution < 1.29 is 75.7 Å². The zero-order valence-corrected chi connectivity index (χ0v) is 34.9. The third kappa shape index (κ3) is 16.6. The Bertz CT molecular complexity index is 1750. The van der Waals surface area contributed by atoms with E-state index in [-0.39, 0.29) is 83.9 Å². The number of ketones is 2. The van der Waals surface area contributed by atoms with E-state index in [1.807, 2.05) is 6.92 Å². The number of anilines is 1. The number of alkyl halides is 2. The molecule has 1 aliphatic carbocycles. The van der Waals surface area contributed by atoms with Gasteiger partial charge >= 0.3 is 25.4 Å². The fourth-order valence-electron chi connectivity index (χ4n) is 5.58. The third-order valence-corrected chi connectivity index (χ3v) is 13.0. The number of hydrogen-bond acceptors (Lipinski definition) is 16. The molecule has 5 unspecified atom stereocenters. The number of rotatable bonds is 27. The number of aliphatic hydroxyl groups excluding tert-OH is 1. The normalized spacial score (nSPS) is 22.1. The van der Waals surface area contributed by atoms with Gasteiger partial charge in [-0.05, 0) is 32.3 Å². The summed E-state index contributed by atoms with van der Waals surface area (Å²) in [5.41, 5.74) is 4.11. The van der Waals surface area contributed by atoms with E-state index in [2.05, 4.69) is 20.1 Å². The smallest absolute Gasteiger partial charge is 0.456 e. The molecule has 7 N–H and O–H groups in total. The number of thioether (sulfide) groups is 2. The lowest BCUT2D eigenvalue weighted by molar-refractivity contribution is -0.147. The minimum Gasteiger partial charge on any atom is -0.456 e. The van der Waals surface area contributed by atoms with Gasteiger partial charge in [-0.15, -0.1) is 0 Å². The number of halogens is 2. The van der Waals surface area contributed by atoms with Gasteiger partial charge in [0.05, 0.1) is 32.2 Å². The lowest BCUT2D eigenvalue weighted by Crippen LogP contribution is -2.42. The molecule has 1 aliphatic heterocycles. The number of carbonyl (C=O) groups excluding carboxylic acids is 6. The highest BCUT2D eigenvalue weighted by atomic mass is 32.2. The van der Waals surface area contributed by atoms with Crippen LogP contribution in [0.2, 0.25) is 0 Å². The molecule has 332 valence electrons. The van der Waals surface area contributed by atoms with Crippen LogP contribution in [-0.4, -0.2) is 133 Å². The molecule has 7 atom stereocenters. The Hall–Kier alpha value is -3.35. The molecule has 1 aromatic rings. The molecule has 1 saturated carbocycles. The number of nitrogens with two attached hydrogens (primary N) is 1. The first kappa shape index (κ1) is 50.0. The minimum absolute atomic E-state index is 0.0397. The second-order valence-corrected chi connectivity index (χ2v) is 17.6. The number of esters is 1. The molecule has 59 heavy (non-hydrogen) atoms. The SMILES string of the molecule is CCC(CSC1CCC1SCC(CC(=O)CCOCCC(C)=O)C(=O)NCCC(=O)OCC(=O)Nc1ccn(C2O[C@H](COP(=O)(O)O)[C@@H](O)C2(F)F)c(=O)n1)C(N)=O. The summed E-state index contributed by atoms with van der Waals surface area (Å²) < 4.78 is 59.9. The summed E-state index contributed by atoms with van der Waals surface area (Å²) in [6.07, 6.45) is -3.91. The van der Waals surface area contributed by atoms with Crippen LogP contribution in [-0.2, 0) is 52.1 Å². The van der Waals surface area contributed by atoms with E-state index < -0.39 is 80.6 Å². The van der Waals surface area contributed by atoms with E-state index in [1.54, 1.807) is 23.5 Å². The number of nitrogens with one attached hydrogen (secondary N) is 2. The summed E-state index contributed by atoms with van der Waals surface area (Å²) in [7, 11) is -5.09. The van der Waals surface area contributed by atoms with Crippen molar-refractivity contribution in [3.05, 3.63) is 22.7 Å². The topological polar surface area (TPSA) is 302 Å². The second-order valence-electron chi connectivity index (χ2n) is 13.8. The Morgan fingerprint density at radius 3 is 2.31 bits per heavy atom. The van der Waals surface area contributed by atoms with Gasteiger partial charge in [0.15, 0.2) is 12.7 Å². The van der Waals surface area contributed by atoms with Crippen LogP contribution < -0.4 is 22.1 Å². The summed E-state index contributed by atoms with van der Waals surface area (Å²) in [5.74, 6) is -7.55. The zero-order valence-electron chi connectivity index (χ0n) is 32.3. The van der Waals surface area contributed by atoms with Crippen LogP contribution in [0.15, 0.2) is 17.1 Å². The molecule has 2 aliphatic rings. The lowest BCUT2D eigenvalue weighted by atomic mass is 9.99. The van der Waals surface area contributed by atoms with Crippen molar-refractivity contribution in [2.75, 3.05) is 49.8 Å². The first-order valence-electron chi connectivity index (χ1n) is 18.6. The van der Waals surface area contributed by atoms with Crippen molar-refractivity contribution in [2.45, 2.75) is 93.7 Å². The molecule has 1 saturated heterocycles. The van der Waals surface area contributed by atoms with Gasteiger partial charge in [-0.2, -0.15) is 37.3 Å². The van der Waals surface area contributed by atoms with Gasteiger partial charge in [-0.1, -0.05) is 6.92 Å². The van der Waals surface area contributed by atoms with Gasteiger partial charge in [-0.25, -0.2) is 9.36 Å². The number of hydrogen-bond donors (Lipinski definition) is 6. The third-order valence-electron chi connectivity index (χ3n) is 9.17. The molecular weight excluding hydrogens is 851 g/mol. The van der Waals surface area contributed by atoms with Crippen LogP contribution in [0.1, 0.15) is 65.0 Å². The first-order chi connectivity index (χ1) is 27.7. The summed E-state index contributed by atoms with van der Waals surface area (Å²) in [4.78, 5) is 107. The zero-order chi connectivity index (χ0) is 43.9. The van der Waals surface area contributed by atoms with Crippen molar-refractivity contribution in [2.24, 2.45) is 17.6 Å². The molecule has 0 spiro atoms. The Morgan fingerprint density at radius 2 is 1.73 bits per heavy atom. The van der Waals surface area contributed by atoms with Crippen molar-refractivity contribution in [1.82, 2.24) is 14.9 Å². The van der Waals surface area contributed by atoms with E-state index in [1.165, 1.54) is 6.92 Å². The second kappa shape index (κ2) is 23.6. The van der Waals surface area contributed by atoms with Crippen molar-refractivity contribution in [3.8, 4) is 0 Å². The molecule has 0 aromatic carbocycles. The van der Waals surface area contributed by atoms with E-state index in [0.29, 0.717) is 17.9 Å². The Morgan fingerprint density at radius 1 is 1.08 bits per heavy atom. The maximum absolute atomic E-state index is 14.7. The Balaban J connectivity index is 1.47. The van der Waals surface area contributed by atoms with E-state index >= 15 is 0 Å². The number of phosphoric acid groups is 1. The van der Waals surface area contributed by atoms with Crippen LogP contribution in [0.25, 0.3) is 0 Å². The summed E-state index contributed by atoms with van der Waals surface area (Å²) in [6, 6.07) is 0.929. The predicted molar refractivity (Wildman–Crippen MR) is 207 cm³/mol. The van der Waals surface area contributed by atoms with Crippen molar-refractivity contribution in [1.29, 1.82) is 0 Å². The number of Topliss-reactive ketones (excluding diaryl/α,β-unsaturated/α-hetero) is 2. The van der Waals surface area contributed by atoms with Crippen LogP contribution in [0, 0.1) is 11.8 Å². The number of aromatic nitrogens is 2. The molecule has 3 rings (SSSR count). The number of aliphatic hydroxyl groups is 1. The molecular formula is C34H50F2N5O15PS2. The molecule has 0 radical (unpaired) electrons. The summed E-state index contributed by atoms with van der Waals surface area (Å²) >= 11 is 3.22. The fourth-order valence-corrected chi connectivity index (χ4v) is 9.32. The van der Waals surface area contributed by atoms with Gasteiger partial charge in [0.1, 0.15) is 23.5 Å². The van der Waals surface area contributed by atoms with Gasteiger partial charge < -0.3 is 45.5 Å². The number of carbonyl (C=O) groups is 6. The number of nitrogens with zero attached hydrogens (tertiary/aromatic N) is 2. The molecule has 25 heteroatoms. The monoisotopic (exact) mass is 901 g/mol. The van der Waals surface area contributed by atoms with Crippen LogP contribution >= 0.6 is 31.3 Å². The number of amides is 3. The van der Waals surface area contributed by atoms with Crippen molar-refractivity contribution >= 4 is 72.4 Å². The van der Waals surface area contributed by atoms with Crippen LogP contribution in [0.4, 0.5) is 14.6 Å². The molecule has 3 amide bonds. The molecule has 2 heterocycles. The highest BCUT2D eigenvalue weighted by molar-refractivity contribution is 8.04. The lowest BCUT2D eigenvalue weighted by Gasteiger charge is -2.37. The number of phosphoric ester groups is 1. The maximum Gasteiger partial charge on any atom is 0.469 e. The predicted octanol–water partition coefficient (Wildman–Crippen LogP) is 0.704. The summed E-state index contributed by atoms with van der Waals surface area (Å²) in [6.45, 7) is 1.43. The number of ether oxygens (including phenoxy) is 3. The summed E-state index contributed by atoms with van der Waals surface area (Å²) in [5, 5.41) is 15.2. The largest absolute Gasteiger partial charge is 0.469 e. The van der Waals surface area contributed by atoms with E-state index in [4.69, 9.17) is 29.7 Å². The molecule has 0 bridgehead atoms. The van der Waals surface area contributed by atoms with Crippen molar-refractivity contribution in [3.63, 3.8) is 0 Å². The Kier molecular flexibility index (Phi) is 20.0. The van der Waals surface area contributed by atoms with Crippen LogP contribution in [0.3, 0.4) is 0 Å². The first-order valence-corrected chi connectivity index (χ1v) is 22.2. The standard InChI is InChI=1S/C34H50F2N5O15PS2/c1-3-20(30(37)47)17-58-24-4-5-25(24)59-18-21(14-22(43)9-13-53-12-8-19(2)42)31(48)38-10-6-28(45)54-16-27(44)39-26-7-11-41(33(49)40-26)32-34(35,36)29(46)23(56-32)15-55-57(50,51)52/h7,11,20-21,23-25,29,32,46H,3-6,8-10,12-18H2,1-2H3,(H2,37,47)(H,38,48)(H2,50,51,52)(H,39,40,44,49)/t20?,21?,23-,24?,25?,29-,32?/m1/s1.